The molecule has 2 aromatic carbocycles. The molecule has 1 unspecified atom stereocenters. The summed E-state index contributed by atoms with van der Waals surface area (Å²) in [5.41, 5.74) is 0.380. The number of amides is 2. The van der Waals surface area contributed by atoms with Crippen LogP contribution in [0.4, 0.5) is 18.9 Å². The van der Waals surface area contributed by atoms with Gasteiger partial charge < -0.3 is 15.5 Å². The van der Waals surface area contributed by atoms with Crippen LogP contribution in [0, 0.1) is 17.5 Å². The third-order valence-corrected chi connectivity index (χ3v) is 4.04. The van der Waals surface area contributed by atoms with E-state index in [1.165, 1.54) is 0 Å². The van der Waals surface area contributed by atoms with E-state index >= 15 is 0 Å². The number of likely N-dealkylation sites (N-methyl/N-ethyl adjacent to an activating group) is 1. The maximum atomic E-state index is 13.5. The Labute approximate surface area is 159 Å². The number of carbonyl (C=O) groups is 2. The van der Waals surface area contributed by atoms with Crippen LogP contribution >= 0.6 is 11.6 Å². The molecule has 27 heavy (non-hydrogen) atoms. The van der Waals surface area contributed by atoms with Gasteiger partial charge in [-0.05, 0) is 18.2 Å². The average Bonchev–Trinajstić information content (AvgIpc) is 2.62. The van der Waals surface area contributed by atoms with Crippen molar-refractivity contribution in [2.24, 2.45) is 0 Å². The van der Waals surface area contributed by atoms with E-state index in [1.807, 2.05) is 18.2 Å². The van der Waals surface area contributed by atoms with Crippen molar-refractivity contribution in [2.45, 2.75) is 6.54 Å². The fourth-order valence-corrected chi connectivity index (χ4v) is 2.56. The number of quaternary nitrogens is 1. The molecule has 2 amide bonds. The summed E-state index contributed by atoms with van der Waals surface area (Å²) < 4.78 is 39.5. The molecule has 0 radical (unpaired) electrons. The lowest BCUT2D eigenvalue weighted by molar-refractivity contribution is -0.885. The molecule has 5 nitrogen and oxygen atoms in total. The zero-order chi connectivity index (χ0) is 20.0. The lowest BCUT2D eigenvalue weighted by Crippen LogP contribution is -3.08. The molecular weight excluding hydrogens is 383 g/mol. The molecule has 2 aromatic rings. The number of rotatable bonds is 7. The van der Waals surface area contributed by atoms with Gasteiger partial charge in [-0.25, -0.2) is 13.2 Å². The molecule has 0 saturated heterocycles. The SMILES string of the molecule is C[NH+](CC(=O)NCC(=O)Nc1ccc(F)c(F)c1F)Cc1ccccc1Cl. The van der Waals surface area contributed by atoms with Crippen LogP contribution in [0.1, 0.15) is 5.56 Å². The van der Waals surface area contributed by atoms with E-state index in [0.29, 0.717) is 17.6 Å². The van der Waals surface area contributed by atoms with Crippen molar-refractivity contribution in [3.05, 3.63) is 64.4 Å². The Morgan fingerprint density at radius 3 is 2.44 bits per heavy atom. The van der Waals surface area contributed by atoms with Gasteiger partial charge in [0.25, 0.3) is 5.91 Å². The van der Waals surface area contributed by atoms with Crippen LogP contribution in [0.15, 0.2) is 36.4 Å². The molecular formula is C18H18ClF3N3O2+. The van der Waals surface area contributed by atoms with E-state index in [4.69, 9.17) is 11.6 Å². The predicted molar refractivity (Wildman–Crippen MR) is 94.9 cm³/mol. The predicted octanol–water partition coefficient (Wildman–Crippen LogP) is 1.53. The minimum Gasteiger partial charge on any atom is -0.342 e. The van der Waals surface area contributed by atoms with Gasteiger partial charge in [0.1, 0.15) is 6.54 Å². The van der Waals surface area contributed by atoms with Gasteiger partial charge in [0.05, 0.1) is 19.3 Å². The molecule has 0 aromatic heterocycles. The van der Waals surface area contributed by atoms with Crippen molar-refractivity contribution in [1.29, 1.82) is 0 Å². The number of hydrogen-bond donors (Lipinski definition) is 3. The maximum Gasteiger partial charge on any atom is 0.275 e. The van der Waals surface area contributed by atoms with Crippen molar-refractivity contribution < 1.29 is 27.7 Å². The van der Waals surface area contributed by atoms with Crippen molar-refractivity contribution in [1.82, 2.24) is 5.32 Å². The normalized spacial score (nSPS) is 11.7. The molecule has 3 N–H and O–H groups in total. The fraction of sp³-hybridized carbons (Fsp3) is 0.222. The molecule has 0 aliphatic rings. The number of benzene rings is 2. The summed E-state index contributed by atoms with van der Waals surface area (Å²) in [7, 11) is 1.79. The summed E-state index contributed by atoms with van der Waals surface area (Å²) >= 11 is 6.07. The van der Waals surface area contributed by atoms with Crippen LogP contribution in [0.2, 0.25) is 5.02 Å². The Kier molecular flexibility index (Phi) is 7.20. The summed E-state index contributed by atoms with van der Waals surface area (Å²) in [6.45, 7) is 0.161. The minimum absolute atomic E-state index is 0.0814. The summed E-state index contributed by atoms with van der Waals surface area (Å²) in [5.74, 6) is -5.71. The van der Waals surface area contributed by atoms with Crippen molar-refractivity contribution >= 4 is 29.1 Å². The first kappa shape index (κ1) is 20.7. The van der Waals surface area contributed by atoms with Crippen molar-refractivity contribution in [3.8, 4) is 0 Å². The molecule has 0 bridgehead atoms. The van der Waals surface area contributed by atoms with Gasteiger partial charge in [0.15, 0.2) is 24.0 Å². The largest absolute Gasteiger partial charge is 0.342 e. The Morgan fingerprint density at radius 2 is 1.74 bits per heavy atom. The number of hydrogen-bond acceptors (Lipinski definition) is 2. The van der Waals surface area contributed by atoms with E-state index < -0.39 is 41.5 Å². The molecule has 0 fully saturated rings. The van der Waals surface area contributed by atoms with Gasteiger partial charge in [-0.15, -0.1) is 0 Å². The van der Waals surface area contributed by atoms with Crippen LogP contribution in [0.3, 0.4) is 0 Å². The van der Waals surface area contributed by atoms with Gasteiger partial charge in [0, 0.05) is 10.6 Å². The third kappa shape index (κ3) is 5.97. The zero-order valence-corrected chi connectivity index (χ0v) is 15.2. The van der Waals surface area contributed by atoms with Crippen LogP contribution in [0.5, 0.6) is 0 Å². The highest BCUT2D eigenvalue weighted by Gasteiger charge is 2.16. The van der Waals surface area contributed by atoms with E-state index in [0.717, 1.165) is 16.5 Å². The molecule has 0 spiro atoms. The molecule has 0 heterocycles. The van der Waals surface area contributed by atoms with E-state index in [2.05, 4.69) is 10.6 Å². The van der Waals surface area contributed by atoms with E-state index in [1.54, 1.807) is 13.1 Å². The highest BCUT2D eigenvalue weighted by atomic mass is 35.5. The van der Waals surface area contributed by atoms with Crippen molar-refractivity contribution in [2.75, 3.05) is 25.5 Å². The summed E-state index contributed by atoms with van der Waals surface area (Å²) in [6, 6.07) is 8.85. The second-order valence-corrected chi connectivity index (χ2v) is 6.36. The highest BCUT2D eigenvalue weighted by Crippen LogP contribution is 2.19. The molecule has 1 atom stereocenters. The molecule has 144 valence electrons. The van der Waals surface area contributed by atoms with Crippen LogP contribution in [-0.4, -0.2) is 32.0 Å². The maximum absolute atomic E-state index is 13.5. The first-order valence-corrected chi connectivity index (χ1v) is 8.40. The van der Waals surface area contributed by atoms with E-state index in [9.17, 15) is 22.8 Å². The lowest BCUT2D eigenvalue weighted by Gasteiger charge is -2.14. The first-order chi connectivity index (χ1) is 12.8. The van der Waals surface area contributed by atoms with Gasteiger partial charge in [-0.3, -0.25) is 9.59 Å². The summed E-state index contributed by atoms with van der Waals surface area (Å²) in [6.07, 6.45) is 0. The highest BCUT2D eigenvalue weighted by molar-refractivity contribution is 6.31. The number of nitrogens with one attached hydrogen (secondary N) is 3. The quantitative estimate of drug-likeness (QED) is 0.617. The average molecular weight is 401 g/mol. The molecule has 0 saturated carbocycles. The van der Waals surface area contributed by atoms with Crippen LogP contribution in [-0.2, 0) is 16.1 Å². The van der Waals surface area contributed by atoms with Crippen molar-refractivity contribution in [3.63, 3.8) is 0 Å². The molecule has 0 aliphatic heterocycles. The second kappa shape index (κ2) is 9.38. The fourth-order valence-electron chi connectivity index (χ4n) is 2.36. The second-order valence-electron chi connectivity index (χ2n) is 5.95. The number of carbonyl (C=O) groups excluding carboxylic acids is 2. The minimum atomic E-state index is -1.68. The monoisotopic (exact) mass is 400 g/mol. The topological polar surface area (TPSA) is 62.6 Å². The number of halogens is 4. The smallest absolute Gasteiger partial charge is 0.275 e. The first-order valence-electron chi connectivity index (χ1n) is 8.02. The number of anilines is 1. The Morgan fingerprint density at radius 1 is 1.04 bits per heavy atom. The van der Waals surface area contributed by atoms with Crippen LogP contribution in [0.25, 0.3) is 0 Å². The Balaban J connectivity index is 1.80. The zero-order valence-electron chi connectivity index (χ0n) is 14.4. The van der Waals surface area contributed by atoms with Gasteiger partial charge in [-0.2, -0.15) is 0 Å². The van der Waals surface area contributed by atoms with Gasteiger partial charge >= 0.3 is 0 Å². The summed E-state index contributed by atoms with van der Waals surface area (Å²) in [4.78, 5) is 24.5. The molecule has 0 aliphatic carbocycles. The standard InChI is InChI=1S/C18H17ClF3N3O2/c1-25(9-11-4-2-3-5-12(11)19)10-16(27)23-8-15(26)24-14-7-6-13(20)17(21)18(14)22/h2-7H,8-10H2,1H3,(H,23,27)(H,24,26)/p+1. The van der Waals surface area contributed by atoms with E-state index in [-0.39, 0.29) is 6.54 Å². The Bertz CT molecular complexity index is 849. The Hall–Kier alpha value is -2.58. The van der Waals surface area contributed by atoms with Gasteiger partial charge in [0.2, 0.25) is 5.91 Å². The molecule has 2 rings (SSSR count). The van der Waals surface area contributed by atoms with Crippen LogP contribution < -0.4 is 15.5 Å². The third-order valence-electron chi connectivity index (χ3n) is 3.67. The molecule has 9 heteroatoms. The summed E-state index contributed by atoms with van der Waals surface area (Å²) in [5, 5.41) is 5.06. The lowest BCUT2D eigenvalue weighted by atomic mass is 10.2. The van der Waals surface area contributed by atoms with Gasteiger partial charge in [-0.1, -0.05) is 29.8 Å².